The van der Waals surface area contributed by atoms with Gasteiger partial charge in [-0.05, 0) is 12.1 Å². The third-order valence-corrected chi connectivity index (χ3v) is 1.40. The van der Waals surface area contributed by atoms with Crippen LogP contribution >= 0.6 is 12.4 Å². The van der Waals surface area contributed by atoms with Crippen molar-refractivity contribution < 1.29 is 18.3 Å². The van der Waals surface area contributed by atoms with Crippen molar-refractivity contribution in [3.63, 3.8) is 0 Å². The normalized spacial score (nSPS) is 9.43. The Labute approximate surface area is 86.2 Å². The largest absolute Gasteiger partial charge is 0.493 e. The monoisotopic (exact) mass is 225 g/mol. The molecule has 0 spiro atoms. The number of methoxy groups -OCH3 is 1. The molecule has 6 heteroatoms. The molecule has 0 atom stereocenters. The Morgan fingerprint density at radius 2 is 1.93 bits per heavy atom. The van der Waals surface area contributed by atoms with E-state index in [4.69, 9.17) is 10.5 Å². The predicted octanol–water partition coefficient (Wildman–Crippen LogP) is 2.30. The second-order valence-electron chi connectivity index (χ2n) is 2.29. The number of halogens is 3. The van der Waals surface area contributed by atoms with Crippen LogP contribution in [-0.4, -0.2) is 13.7 Å². The average Bonchev–Trinajstić information content (AvgIpc) is 2.07. The van der Waals surface area contributed by atoms with Crippen LogP contribution in [-0.2, 0) is 0 Å². The van der Waals surface area contributed by atoms with E-state index in [2.05, 4.69) is 4.74 Å². The van der Waals surface area contributed by atoms with Gasteiger partial charge in [0.25, 0.3) is 0 Å². The zero-order chi connectivity index (χ0) is 9.84. The second kappa shape index (κ2) is 5.49. The standard InChI is InChI=1S/C8H9F2NO2.ClH/c1-12-7-4-5(11)2-3-6(7)13-8(9)10;/h2-4,8H,11H2,1H3;1H. The van der Waals surface area contributed by atoms with Crippen LogP contribution in [0.3, 0.4) is 0 Å². The highest BCUT2D eigenvalue weighted by atomic mass is 35.5. The number of anilines is 1. The van der Waals surface area contributed by atoms with Crippen LogP contribution in [0.1, 0.15) is 0 Å². The summed E-state index contributed by atoms with van der Waals surface area (Å²) in [6.45, 7) is -2.86. The van der Waals surface area contributed by atoms with Crippen LogP contribution in [0.4, 0.5) is 14.5 Å². The number of hydrogen-bond donors (Lipinski definition) is 1. The summed E-state index contributed by atoms with van der Waals surface area (Å²) >= 11 is 0. The Balaban J connectivity index is 0.00000169. The zero-order valence-electron chi connectivity index (χ0n) is 7.37. The molecule has 0 bridgehead atoms. The molecule has 0 aliphatic rings. The minimum Gasteiger partial charge on any atom is -0.493 e. The number of benzene rings is 1. The molecule has 0 unspecified atom stereocenters. The molecule has 0 radical (unpaired) electrons. The van der Waals surface area contributed by atoms with Gasteiger partial charge in [0.1, 0.15) is 0 Å². The summed E-state index contributed by atoms with van der Waals surface area (Å²) in [4.78, 5) is 0. The Kier molecular flexibility index (Phi) is 5.01. The van der Waals surface area contributed by atoms with Crippen LogP contribution < -0.4 is 15.2 Å². The smallest absolute Gasteiger partial charge is 0.387 e. The zero-order valence-corrected chi connectivity index (χ0v) is 8.18. The molecule has 0 aliphatic carbocycles. The summed E-state index contributed by atoms with van der Waals surface area (Å²) in [5, 5.41) is 0. The highest BCUT2D eigenvalue weighted by molar-refractivity contribution is 5.85. The molecule has 0 amide bonds. The van der Waals surface area contributed by atoms with Crippen molar-refractivity contribution in [3.8, 4) is 11.5 Å². The first-order chi connectivity index (χ1) is 6.13. The molecule has 1 aromatic rings. The Morgan fingerprint density at radius 1 is 1.29 bits per heavy atom. The third-order valence-electron chi connectivity index (χ3n) is 1.40. The number of nitrogens with two attached hydrogens (primary N) is 1. The van der Waals surface area contributed by atoms with Gasteiger partial charge in [-0.1, -0.05) is 0 Å². The van der Waals surface area contributed by atoms with Crippen LogP contribution in [0.25, 0.3) is 0 Å². The fourth-order valence-electron chi connectivity index (χ4n) is 0.878. The maximum atomic E-state index is 11.8. The fourth-order valence-corrected chi connectivity index (χ4v) is 0.878. The topological polar surface area (TPSA) is 44.5 Å². The summed E-state index contributed by atoms with van der Waals surface area (Å²) in [6, 6.07) is 4.21. The summed E-state index contributed by atoms with van der Waals surface area (Å²) in [6.07, 6.45) is 0. The first-order valence-corrected chi connectivity index (χ1v) is 3.52. The molecule has 0 aliphatic heterocycles. The summed E-state index contributed by atoms with van der Waals surface area (Å²) in [5.41, 5.74) is 5.84. The summed E-state index contributed by atoms with van der Waals surface area (Å²) in [7, 11) is 1.35. The van der Waals surface area contributed by atoms with E-state index in [1.807, 2.05) is 0 Å². The van der Waals surface area contributed by atoms with Crippen LogP contribution in [0.2, 0.25) is 0 Å². The van der Waals surface area contributed by atoms with Crippen molar-refractivity contribution in [3.05, 3.63) is 18.2 Å². The number of nitrogen functional groups attached to an aromatic ring is 1. The second-order valence-corrected chi connectivity index (χ2v) is 2.29. The molecular weight excluding hydrogens is 216 g/mol. The summed E-state index contributed by atoms with van der Waals surface area (Å²) < 4.78 is 32.6. The first-order valence-electron chi connectivity index (χ1n) is 3.52. The van der Waals surface area contributed by atoms with E-state index in [-0.39, 0.29) is 23.9 Å². The van der Waals surface area contributed by atoms with Gasteiger partial charge in [0.15, 0.2) is 11.5 Å². The van der Waals surface area contributed by atoms with E-state index in [1.54, 1.807) is 0 Å². The molecular formula is C8H10ClF2NO2. The van der Waals surface area contributed by atoms with E-state index in [0.717, 1.165) is 0 Å². The number of rotatable bonds is 3. The molecule has 80 valence electrons. The van der Waals surface area contributed by atoms with Crippen molar-refractivity contribution in [1.82, 2.24) is 0 Å². The van der Waals surface area contributed by atoms with Crippen molar-refractivity contribution >= 4 is 18.1 Å². The van der Waals surface area contributed by atoms with Crippen LogP contribution in [0.5, 0.6) is 11.5 Å². The van der Waals surface area contributed by atoms with Crippen molar-refractivity contribution in [2.24, 2.45) is 0 Å². The first kappa shape index (κ1) is 12.8. The molecule has 0 saturated carbocycles. The van der Waals surface area contributed by atoms with Gasteiger partial charge in [0.05, 0.1) is 7.11 Å². The van der Waals surface area contributed by atoms with Gasteiger partial charge in [0, 0.05) is 11.8 Å². The van der Waals surface area contributed by atoms with Crippen molar-refractivity contribution in [2.45, 2.75) is 6.61 Å². The van der Waals surface area contributed by atoms with E-state index < -0.39 is 6.61 Å². The number of hydrogen-bond acceptors (Lipinski definition) is 3. The van der Waals surface area contributed by atoms with E-state index in [9.17, 15) is 8.78 Å². The molecule has 3 nitrogen and oxygen atoms in total. The van der Waals surface area contributed by atoms with Crippen molar-refractivity contribution in [2.75, 3.05) is 12.8 Å². The average molecular weight is 226 g/mol. The Bertz CT molecular complexity index is 297. The van der Waals surface area contributed by atoms with E-state index >= 15 is 0 Å². The molecule has 0 aromatic heterocycles. The SMILES string of the molecule is COc1cc(N)ccc1OC(F)F.Cl. The third kappa shape index (κ3) is 3.26. The molecule has 1 aromatic carbocycles. The quantitative estimate of drug-likeness (QED) is 0.803. The lowest BCUT2D eigenvalue weighted by Crippen LogP contribution is -2.03. The molecule has 0 saturated heterocycles. The number of ether oxygens (including phenoxy) is 2. The molecule has 1 rings (SSSR count). The Hall–Kier alpha value is -1.23. The number of alkyl halides is 2. The van der Waals surface area contributed by atoms with Gasteiger partial charge in [0.2, 0.25) is 0 Å². The van der Waals surface area contributed by atoms with E-state index in [0.29, 0.717) is 5.69 Å². The minimum atomic E-state index is -2.86. The lowest BCUT2D eigenvalue weighted by molar-refractivity contribution is -0.0512. The predicted molar refractivity (Wildman–Crippen MR) is 51.3 cm³/mol. The van der Waals surface area contributed by atoms with Crippen LogP contribution in [0, 0.1) is 0 Å². The van der Waals surface area contributed by atoms with Gasteiger partial charge in [-0.3, -0.25) is 0 Å². The highest BCUT2D eigenvalue weighted by Crippen LogP contribution is 2.29. The lowest BCUT2D eigenvalue weighted by Gasteiger charge is -2.09. The molecule has 14 heavy (non-hydrogen) atoms. The van der Waals surface area contributed by atoms with Gasteiger partial charge in [-0.25, -0.2) is 0 Å². The van der Waals surface area contributed by atoms with E-state index in [1.165, 1.54) is 25.3 Å². The van der Waals surface area contributed by atoms with Crippen LogP contribution in [0.15, 0.2) is 18.2 Å². The molecule has 0 fully saturated rings. The van der Waals surface area contributed by atoms with Crippen molar-refractivity contribution in [1.29, 1.82) is 0 Å². The molecule has 0 heterocycles. The Morgan fingerprint density at radius 3 is 2.43 bits per heavy atom. The lowest BCUT2D eigenvalue weighted by atomic mass is 10.3. The van der Waals surface area contributed by atoms with Gasteiger partial charge >= 0.3 is 6.61 Å². The van der Waals surface area contributed by atoms with Gasteiger partial charge in [-0.15, -0.1) is 12.4 Å². The summed E-state index contributed by atoms with van der Waals surface area (Å²) in [5.74, 6) is 0.173. The van der Waals surface area contributed by atoms with Gasteiger partial charge in [-0.2, -0.15) is 8.78 Å². The molecule has 2 N–H and O–H groups in total. The maximum Gasteiger partial charge on any atom is 0.387 e. The maximum absolute atomic E-state index is 11.8. The highest BCUT2D eigenvalue weighted by Gasteiger charge is 2.09. The fraction of sp³-hybridized carbons (Fsp3) is 0.250. The van der Waals surface area contributed by atoms with Gasteiger partial charge < -0.3 is 15.2 Å². The minimum absolute atomic E-state index is 0.